The molecule has 3 aromatic heterocycles. The highest BCUT2D eigenvalue weighted by atomic mass is 16.1. The lowest BCUT2D eigenvalue weighted by Crippen LogP contribution is -2.29. The van der Waals surface area contributed by atoms with Gasteiger partial charge in [-0.1, -0.05) is 18.9 Å². The second-order valence-electron chi connectivity index (χ2n) is 10.6. The maximum atomic E-state index is 13.3. The zero-order valence-electron chi connectivity index (χ0n) is 21.8. The Labute approximate surface area is 223 Å². The molecule has 0 radical (unpaired) electrons. The van der Waals surface area contributed by atoms with Crippen LogP contribution >= 0.6 is 0 Å². The van der Waals surface area contributed by atoms with E-state index in [1.54, 1.807) is 6.20 Å². The number of fused-ring (bicyclic) bond motifs is 1. The Hall–Kier alpha value is -3.62. The number of carbonyl (C=O) groups is 1. The van der Waals surface area contributed by atoms with Crippen molar-refractivity contribution in [1.82, 2.24) is 30.0 Å². The van der Waals surface area contributed by atoms with Gasteiger partial charge in [-0.05, 0) is 92.8 Å². The number of pyridine rings is 2. The van der Waals surface area contributed by atoms with Crippen LogP contribution in [-0.4, -0.2) is 62.1 Å². The van der Waals surface area contributed by atoms with Crippen LogP contribution in [0, 0.1) is 0 Å². The van der Waals surface area contributed by atoms with Crippen LogP contribution in [0.5, 0.6) is 0 Å². The zero-order chi connectivity index (χ0) is 25.7. The van der Waals surface area contributed by atoms with Gasteiger partial charge in [0.25, 0.3) is 5.91 Å². The molecule has 0 saturated carbocycles. The lowest BCUT2D eigenvalue weighted by Gasteiger charge is -2.26. The highest BCUT2D eigenvalue weighted by molar-refractivity contribution is 6.11. The SMILES string of the molecule is O=C(Nc1cncc(CN2CCCCC2)c1)c1n[nH]c2ccc(-c3cncc(CN4CCCCC4)c3)cc12. The number of aromatic amines is 1. The van der Waals surface area contributed by atoms with Gasteiger partial charge in [-0.2, -0.15) is 5.10 Å². The van der Waals surface area contributed by atoms with E-state index in [0.29, 0.717) is 11.4 Å². The fourth-order valence-electron chi connectivity index (χ4n) is 5.68. The summed E-state index contributed by atoms with van der Waals surface area (Å²) in [6, 6.07) is 10.3. The monoisotopic (exact) mass is 509 g/mol. The van der Waals surface area contributed by atoms with E-state index in [-0.39, 0.29) is 5.91 Å². The lowest BCUT2D eigenvalue weighted by atomic mass is 10.0. The molecule has 4 aromatic rings. The summed E-state index contributed by atoms with van der Waals surface area (Å²) in [6.07, 6.45) is 15.1. The first kappa shape index (κ1) is 24.7. The number of benzene rings is 1. The first-order valence-corrected chi connectivity index (χ1v) is 13.8. The number of nitrogens with one attached hydrogen (secondary N) is 2. The number of nitrogens with zero attached hydrogens (tertiary/aromatic N) is 5. The predicted molar refractivity (Wildman–Crippen MR) is 150 cm³/mol. The van der Waals surface area contributed by atoms with E-state index in [0.717, 1.165) is 66.9 Å². The number of rotatable bonds is 7. The second-order valence-corrected chi connectivity index (χ2v) is 10.6. The molecule has 2 saturated heterocycles. The van der Waals surface area contributed by atoms with Crippen molar-refractivity contribution in [1.29, 1.82) is 0 Å². The van der Waals surface area contributed by atoms with Gasteiger partial charge in [0.2, 0.25) is 0 Å². The molecule has 38 heavy (non-hydrogen) atoms. The molecule has 0 aliphatic carbocycles. The third kappa shape index (κ3) is 5.76. The molecule has 5 heterocycles. The summed E-state index contributed by atoms with van der Waals surface area (Å²) < 4.78 is 0. The van der Waals surface area contributed by atoms with Gasteiger partial charge in [-0.25, -0.2) is 0 Å². The maximum Gasteiger partial charge on any atom is 0.276 e. The number of H-pyrrole nitrogens is 1. The minimum atomic E-state index is -0.248. The van der Waals surface area contributed by atoms with Gasteiger partial charge in [0.05, 0.1) is 17.4 Å². The third-order valence-electron chi connectivity index (χ3n) is 7.67. The van der Waals surface area contributed by atoms with Gasteiger partial charge in [-0.3, -0.25) is 29.7 Å². The molecular formula is C30H35N7O. The molecule has 8 heteroatoms. The van der Waals surface area contributed by atoms with Gasteiger partial charge in [0.15, 0.2) is 5.69 Å². The summed E-state index contributed by atoms with van der Waals surface area (Å²) in [5.74, 6) is -0.248. The van der Waals surface area contributed by atoms with E-state index >= 15 is 0 Å². The highest BCUT2D eigenvalue weighted by Gasteiger charge is 2.17. The average Bonchev–Trinajstić information content (AvgIpc) is 3.38. The number of anilines is 1. The van der Waals surface area contributed by atoms with Gasteiger partial charge in [0, 0.05) is 42.6 Å². The molecule has 0 unspecified atom stereocenters. The smallest absolute Gasteiger partial charge is 0.276 e. The van der Waals surface area contributed by atoms with E-state index in [2.05, 4.69) is 47.4 Å². The molecule has 0 atom stereocenters. The Bertz CT molecular complexity index is 1400. The van der Waals surface area contributed by atoms with Crippen molar-refractivity contribution in [3.05, 3.63) is 71.9 Å². The first-order chi connectivity index (χ1) is 18.7. The van der Waals surface area contributed by atoms with E-state index in [9.17, 15) is 4.79 Å². The van der Waals surface area contributed by atoms with E-state index in [1.807, 2.05) is 36.8 Å². The largest absolute Gasteiger partial charge is 0.319 e. The fourth-order valence-corrected chi connectivity index (χ4v) is 5.68. The Morgan fingerprint density at radius 1 is 0.763 bits per heavy atom. The van der Waals surface area contributed by atoms with Crippen molar-refractivity contribution < 1.29 is 4.79 Å². The first-order valence-electron chi connectivity index (χ1n) is 13.8. The van der Waals surface area contributed by atoms with Crippen molar-refractivity contribution in [2.24, 2.45) is 0 Å². The van der Waals surface area contributed by atoms with Crippen LogP contribution in [0.15, 0.2) is 55.1 Å². The van der Waals surface area contributed by atoms with E-state index in [1.165, 1.54) is 44.1 Å². The van der Waals surface area contributed by atoms with Crippen LogP contribution < -0.4 is 5.32 Å². The van der Waals surface area contributed by atoms with Crippen LogP contribution in [0.3, 0.4) is 0 Å². The Morgan fingerprint density at radius 2 is 1.42 bits per heavy atom. The molecule has 196 valence electrons. The van der Waals surface area contributed by atoms with Crippen LogP contribution in [0.4, 0.5) is 5.69 Å². The fraction of sp³-hybridized carbons (Fsp3) is 0.400. The Kier molecular flexibility index (Phi) is 7.42. The van der Waals surface area contributed by atoms with Gasteiger partial charge < -0.3 is 5.32 Å². The van der Waals surface area contributed by atoms with Gasteiger partial charge in [0.1, 0.15) is 0 Å². The molecule has 2 aliphatic rings. The standard InChI is InChI=1S/C30H35N7O/c38-30(33-26-14-23(17-32-19-26)21-37-11-5-2-6-12-37)29-27-15-24(7-8-28(27)34-35-29)25-13-22(16-31-18-25)20-36-9-3-1-4-10-36/h7-8,13-19H,1-6,9-12,20-21H2,(H,33,38)(H,34,35). The number of piperidine rings is 2. The minimum Gasteiger partial charge on any atom is -0.319 e. The molecule has 1 aromatic carbocycles. The average molecular weight is 510 g/mol. The van der Waals surface area contributed by atoms with Crippen LogP contribution in [-0.2, 0) is 13.1 Å². The quantitative estimate of drug-likeness (QED) is 0.354. The molecule has 0 spiro atoms. The van der Waals surface area contributed by atoms with Crippen LogP contribution in [0.1, 0.15) is 60.1 Å². The number of carbonyl (C=O) groups excluding carboxylic acids is 1. The number of hydrogen-bond acceptors (Lipinski definition) is 6. The van der Waals surface area contributed by atoms with Crippen LogP contribution in [0.25, 0.3) is 22.0 Å². The lowest BCUT2D eigenvalue weighted by molar-refractivity contribution is 0.102. The molecule has 1 amide bonds. The van der Waals surface area contributed by atoms with Crippen molar-refractivity contribution >= 4 is 22.5 Å². The molecule has 2 fully saturated rings. The normalized spacial score (nSPS) is 17.1. The van der Waals surface area contributed by atoms with E-state index < -0.39 is 0 Å². The second kappa shape index (κ2) is 11.4. The number of likely N-dealkylation sites (tertiary alicyclic amines) is 2. The number of hydrogen-bond donors (Lipinski definition) is 2. The summed E-state index contributed by atoms with van der Waals surface area (Å²) >= 11 is 0. The van der Waals surface area contributed by atoms with Crippen molar-refractivity contribution in [3.63, 3.8) is 0 Å². The summed E-state index contributed by atoms with van der Waals surface area (Å²) in [4.78, 5) is 27.1. The Balaban J connectivity index is 1.19. The zero-order valence-corrected chi connectivity index (χ0v) is 21.8. The molecule has 2 N–H and O–H groups in total. The van der Waals surface area contributed by atoms with Crippen molar-refractivity contribution in [2.75, 3.05) is 31.5 Å². The minimum absolute atomic E-state index is 0.248. The maximum absolute atomic E-state index is 13.3. The molecule has 6 rings (SSSR count). The van der Waals surface area contributed by atoms with Crippen LogP contribution in [0.2, 0.25) is 0 Å². The summed E-state index contributed by atoms with van der Waals surface area (Å²) in [6.45, 7) is 6.33. The van der Waals surface area contributed by atoms with Gasteiger partial charge in [-0.15, -0.1) is 0 Å². The van der Waals surface area contributed by atoms with Crippen molar-refractivity contribution in [3.8, 4) is 11.1 Å². The predicted octanol–water partition coefficient (Wildman–Crippen LogP) is 5.24. The molecule has 8 nitrogen and oxygen atoms in total. The highest BCUT2D eigenvalue weighted by Crippen LogP contribution is 2.27. The van der Waals surface area contributed by atoms with Crippen molar-refractivity contribution in [2.45, 2.75) is 51.6 Å². The topological polar surface area (TPSA) is 90.0 Å². The third-order valence-corrected chi connectivity index (χ3v) is 7.67. The summed E-state index contributed by atoms with van der Waals surface area (Å²) in [5, 5.41) is 11.2. The summed E-state index contributed by atoms with van der Waals surface area (Å²) in [7, 11) is 0. The van der Waals surface area contributed by atoms with E-state index in [4.69, 9.17) is 0 Å². The number of amides is 1. The van der Waals surface area contributed by atoms with Gasteiger partial charge >= 0.3 is 0 Å². The summed E-state index contributed by atoms with van der Waals surface area (Å²) in [5.41, 5.74) is 6.28. The number of aromatic nitrogens is 4. The molecule has 0 bridgehead atoms. The Morgan fingerprint density at radius 3 is 2.13 bits per heavy atom. The molecular weight excluding hydrogens is 474 g/mol. The molecule has 2 aliphatic heterocycles.